The Labute approximate surface area is 189 Å². The van der Waals surface area contributed by atoms with Gasteiger partial charge in [-0.3, -0.25) is 19.4 Å². The summed E-state index contributed by atoms with van der Waals surface area (Å²) in [5.74, 6) is -0.790. The van der Waals surface area contributed by atoms with Crippen LogP contribution in [0.15, 0.2) is 47.3 Å². The van der Waals surface area contributed by atoms with E-state index in [9.17, 15) is 14.4 Å². The van der Waals surface area contributed by atoms with Crippen LogP contribution in [-0.4, -0.2) is 36.0 Å². The molecule has 1 atom stereocenters. The van der Waals surface area contributed by atoms with Crippen LogP contribution in [0.3, 0.4) is 0 Å². The summed E-state index contributed by atoms with van der Waals surface area (Å²) >= 11 is 0. The van der Waals surface area contributed by atoms with E-state index in [-0.39, 0.29) is 23.8 Å². The number of anilines is 4. The maximum atomic E-state index is 13.1. The van der Waals surface area contributed by atoms with Crippen LogP contribution in [0, 0.1) is 6.92 Å². The van der Waals surface area contributed by atoms with Crippen molar-refractivity contribution in [2.75, 3.05) is 30.2 Å². The maximum absolute atomic E-state index is 13.1. The summed E-state index contributed by atoms with van der Waals surface area (Å²) in [5, 5.41) is 8.34. The first kappa shape index (κ1) is 21.9. The lowest BCUT2D eigenvalue weighted by Crippen LogP contribution is -2.36. The molecule has 0 saturated carbocycles. The van der Waals surface area contributed by atoms with Gasteiger partial charge in [0.05, 0.1) is 37.1 Å². The number of hydrogen-bond acceptors (Lipinski definition) is 7. The Morgan fingerprint density at radius 1 is 1.06 bits per heavy atom. The number of hydrogen-bond donors (Lipinski definition) is 4. The number of aromatic nitrogens is 2. The van der Waals surface area contributed by atoms with Gasteiger partial charge in [-0.05, 0) is 36.8 Å². The Morgan fingerprint density at radius 2 is 1.79 bits per heavy atom. The smallest absolute Gasteiger partial charge is 0.258 e. The molecule has 0 fully saturated rings. The van der Waals surface area contributed by atoms with E-state index in [4.69, 9.17) is 9.47 Å². The zero-order chi connectivity index (χ0) is 23.5. The van der Waals surface area contributed by atoms with Crippen molar-refractivity contribution >= 4 is 35.0 Å². The van der Waals surface area contributed by atoms with Crippen molar-refractivity contribution in [1.29, 1.82) is 0 Å². The number of amides is 2. The van der Waals surface area contributed by atoms with Crippen molar-refractivity contribution in [2.24, 2.45) is 0 Å². The Morgan fingerprint density at radius 3 is 2.55 bits per heavy atom. The van der Waals surface area contributed by atoms with Crippen molar-refractivity contribution in [1.82, 2.24) is 9.97 Å². The van der Waals surface area contributed by atoms with Gasteiger partial charge < -0.3 is 25.4 Å². The van der Waals surface area contributed by atoms with Gasteiger partial charge in [0.1, 0.15) is 17.3 Å². The average molecular weight is 449 g/mol. The molecule has 1 aliphatic rings. The Bertz CT molecular complexity index is 1290. The first-order valence-corrected chi connectivity index (χ1v) is 10.2. The molecular weight excluding hydrogens is 426 g/mol. The molecule has 10 nitrogen and oxygen atoms in total. The number of carbonyl (C=O) groups excluding carboxylic acids is 2. The van der Waals surface area contributed by atoms with E-state index in [1.807, 2.05) is 13.0 Å². The number of benzene rings is 2. The number of para-hydroxylation sites is 2. The fourth-order valence-electron chi connectivity index (χ4n) is 3.67. The summed E-state index contributed by atoms with van der Waals surface area (Å²) in [6.45, 7) is 1.88. The number of carbonyl (C=O) groups is 2. The lowest BCUT2D eigenvalue weighted by Gasteiger charge is -2.24. The van der Waals surface area contributed by atoms with Crippen molar-refractivity contribution in [2.45, 2.75) is 19.3 Å². The number of nitrogens with zero attached hydrogens (tertiary/aromatic N) is 1. The highest BCUT2D eigenvalue weighted by Gasteiger charge is 2.35. The quantitative estimate of drug-likeness (QED) is 0.454. The molecule has 4 rings (SSSR count). The molecule has 0 radical (unpaired) electrons. The second-order valence-electron chi connectivity index (χ2n) is 7.50. The van der Waals surface area contributed by atoms with Gasteiger partial charge in [0, 0.05) is 6.42 Å². The second-order valence-corrected chi connectivity index (χ2v) is 7.50. The van der Waals surface area contributed by atoms with Crippen molar-refractivity contribution < 1.29 is 19.1 Å². The molecule has 10 heteroatoms. The Hall–Kier alpha value is -4.34. The first-order chi connectivity index (χ1) is 15.9. The topological polar surface area (TPSA) is 134 Å². The van der Waals surface area contributed by atoms with E-state index in [1.165, 1.54) is 14.2 Å². The van der Waals surface area contributed by atoms with Crippen LogP contribution in [-0.2, 0) is 9.59 Å². The molecule has 2 aromatic carbocycles. The summed E-state index contributed by atoms with van der Waals surface area (Å²) in [5.41, 5.74) is 1.50. The number of rotatable bonds is 6. The number of H-pyrrole nitrogens is 1. The summed E-state index contributed by atoms with van der Waals surface area (Å²) in [4.78, 5) is 45.4. The number of nitrogens with one attached hydrogen (secondary N) is 4. The number of fused-ring (bicyclic) bond motifs is 1. The second kappa shape index (κ2) is 9.03. The summed E-state index contributed by atoms with van der Waals surface area (Å²) in [6, 6.07) is 12.4. The number of methoxy groups -OCH3 is 2. The highest BCUT2D eigenvalue weighted by molar-refractivity contribution is 6.05. The van der Waals surface area contributed by atoms with Crippen molar-refractivity contribution in [3.63, 3.8) is 0 Å². The van der Waals surface area contributed by atoms with Crippen LogP contribution in [0.4, 0.5) is 23.1 Å². The van der Waals surface area contributed by atoms with E-state index in [1.54, 1.807) is 36.4 Å². The Balaban J connectivity index is 1.66. The normalized spacial score (nSPS) is 14.6. The van der Waals surface area contributed by atoms with Crippen LogP contribution >= 0.6 is 0 Å². The van der Waals surface area contributed by atoms with Gasteiger partial charge in [-0.2, -0.15) is 4.98 Å². The molecule has 2 heterocycles. The minimum absolute atomic E-state index is 0.0313. The molecule has 2 amide bonds. The summed E-state index contributed by atoms with van der Waals surface area (Å²) in [6.07, 6.45) is -0.184. The third-order valence-corrected chi connectivity index (χ3v) is 5.24. The molecule has 4 N–H and O–H groups in total. The Kier molecular flexibility index (Phi) is 5.99. The molecule has 0 aliphatic carbocycles. The van der Waals surface area contributed by atoms with E-state index >= 15 is 0 Å². The fourth-order valence-corrected chi connectivity index (χ4v) is 3.67. The summed E-state index contributed by atoms with van der Waals surface area (Å²) < 4.78 is 10.6. The van der Waals surface area contributed by atoms with E-state index < -0.39 is 23.3 Å². The third-order valence-electron chi connectivity index (χ3n) is 5.24. The van der Waals surface area contributed by atoms with Gasteiger partial charge in [0.15, 0.2) is 0 Å². The maximum Gasteiger partial charge on any atom is 0.258 e. The fraction of sp³-hybridized carbons (Fsp3) is 0.217. The van der Waals surface area contributed by atoms with E-state index in [0.717, 1.165) is 5.56 Å². The minimum atomic E-state index is -1.02. The van der Waals surface area contributed by atoms with Crippen molar-refractivity contribution in [3.05, 3.63) is 63.9 Å². The molecule has 1 aliphatic heterocycles. The molecule has 0 spiro atoms. The van der Waals surface area contributed by atoms with Crippen LogP contribution in [0.1, 0.15) is 23.5 Å². The van der Waals surface area contributed by atoms with Crippen molar-refractivity contribution in [3.8, 4) is 11.5 Å². The lowest BCUT2D eigenvalue weighted by atomic mass is 9.92. The molecule has 33 heavy (non-hydrogen) atoms. The highest BCUT2D eigenvalue weighted by Crippen LogP contribution is 2.33. The molecule has 3 aromatic rings. The highest BCUT2D eigenvalue weighted by atomic mass is 16.5. The lowest BCUT2D eigenvalue weighted by molar-refractivity contribution is -0.123. The van der Waals surface area contributed by atoms with Crippen LogP contribution < -0.4 is 31.0 Å². The van der Waals surface area contributed by atoms with Crippen LogP contribution in [0.2, 0.25) is 0 Å². The molecule has 170 valence electrons. The third kappa shape index (κ3) is 4.49. The van der Waals surface area contributed by atoms with Gasteiger partial charge in [0.2, 0.25) is 17.8 Å². The van der Waals surface area contributed by atoms with E-state index in [2.05, 4.69) is 25.9 Å². The van der Waals surface area contributed by atoms with Gasteiger partial charge in [-0.25, -0.2) is 0 Å². The molecule has 0 bridgehead atoms. The molecule has 0 unspecified atom stereocenters. The number of ether oxygens (including phenoxy) is 2. The molecule has 1 aromatic heterocycles. The van der Waals surface area contributed by atoms with Gasteiger partial charge in [-0.1, -0.05) is 18.2 Å². The van der Waals surface area contributed by atoms with Crippen LogP contribution in [0.5, 0.6) is 11.5 Å². The standard InChI is InChI=1S/C23H23N5O5/c1-12-8-9-17(33-3)15(10-12)24-21(30)13-11-18(29)26-20-19(13)22(31)28-23(27-20)25-14-6-4-5-7-16(14)32-2/h4-10,13H,11H2,1-3H3,(H,24,30)(H3,25,26,27,28,29,31)/t13-/m1/s1. The van der Waals surface area contributed by atoms with Gasteiger partial charge in [0.25, 0.3) is 5.56 Å². The predicted molar refractivity (Wildman–Crippen MR) is 123 cm³/mol. The van der Waals surface area contributed by atoms with Gasteiger partial charge in [-0.15, -0.1) is 0 Å². The number of aryl methyl sites for hydroxylation is 1. The summed E-state index contributed by atoms with van der Waals surface area (Å²) in [7, 11) is 3.02. The first-order valence-electron chi connectivity index (χ1n) is 10.2. The van der Waals surface area contributed by atoms with Gasteiger partial charge >= 0.3 is 0 Å². The average Bonchev–Trinajstić information content (AvgIpc) is 2.78. The zero-order valence-corrected chi connectivity index (χ0v) is 18.3. The van der Waals surface area contributed by atoms with Crippen LogP contribution in [0.25, 0.3) is 0 Å². The molecular formula is C23H23N5O5. The molecule has 0 saturated heterocycles. The van der Waals surface area contributed by atoms with E-state index in [0.29, 0.717) is 22.9 Å². The number of aromatic amines is 1. The minimum Gasteiger partial charge on any atom is -0.495 e. The largest absolute Gasteiger partial charge is 0.495 e. The predicted octanol–water partition coefficient (Wildman–Crippen LogP) is 2.90. The monoisotopic (exact) mass is 449 g/mol. The SMILES string of the molecule is COc1ccc(C)cc1NC(=O)[C@@H]1CC(=O)Nc2nc(Nc3ccccc3OC)[nH]c(=O)c21. The zero-order valence-electron chi connectivity index (χ0n) is 18.3.